The number of carbonyl (C=O) groups is 4. The van der Waals surface area contributed by atoms with Crippen molar-refractivity contribution < 1.29 is 71.3 Å². The first kappa shape index (κ1) is 53.9. The molecule has 0 radical (unpaired) electrons. The SMILES string of the molecule is C=COCCC.CCCOC(C)OC(=O)CC(CP1(=O)Oc2ccccc2-c2ccccc21)C(=O)OC(C)OCCC.O=C(O)CCC(CP1(=O)Oc2ccccc2-c2ccccc21)C(=O)O. The maximum atomic E-state index is 14.3. The minimum Gasteiger partial charge on any atom is -0.502 e. The van der Waals surface area contributed by atoms with Gasteiger partial charge in [0, 0.05) is 17.5 Å². The van der Waals surface area contributed by atoms with Crippen molar-refractivity contribution in [1.29, 1.82) is 0 Å². The van der Waals surface area contributed by atoms with Crippen LogP contribution in [0.15, 0.2) is 110 Å². The fourth-order valence-electron chi connectivity index (χ4n) is 7.15. The highest BCUT2D eigenvalue weighted by Crippen LogP contribution is 2.57. The van der Waals surface area contributed by atoms with E-state index < -0.39 is 63.0 Å². The average molecular weight is 965 g/mol. The highest BCUT2D eigenvalue weighted by Gasteiger charge is 2.42. The molecule has 0 saturated carbocycles. The molecule has 6 atom stereocenters. The van der Waals surface area contributed by atoms with Crippen LogP contribution in [0.2, 0.25) is 0 Å². The first-order valence-corrected chi connectivity index (χ1v) is 26.0. The summed E-state index contributed by atoms with van der Waals surface area (Å²) < 4.78 is 66.1. The van der Waals surface area contributed by atoms with Gasteiger partial charge in [0.2, 0.25) is 0 Å². The third kappa shape index (κ3) is 15.7. The largest absolute Gasteiger partial charge is 0.502 e. The Kier molecular flexibility index (Phi) is 21.4. The summed E-state index contributed by atoms with van der Waals surface area (Å²) in [5.74, 6) is -4.82. The van der Waals surface area contributed by atoms with Crippen LogP contribution in [0.3, 0.4) is 0 Å². The molecule has 0 saturated heterocycles. The molecule has 0 spiro atoms. The Bertz CT molecular complexity index is 2380. The van der Waals surface area contributed by atoms with E-state index in [1.165, 1.54) is 6.26 Å². The third-order valence-electron chi connectivity index (χ3n) is 10.2. The third-order valence-corrected chi connectivity index (χ3v) is 15.3. The molecular formula is C50H62O15P2. The fraction of sp³-hybridized carbons (Fsp3) is 0.400. The van der Waals surface area contributed by atoms with Crippen LogP contribution in [0.4, 0.5) is 0 Å². The fourth-order valence-corrected chi connectivity index (χ4v) is 12.4. The summed E-state index contributed by atoms with van der Waals surface area (Å²) in [6, 6.07) is 28.8. The first-order chi connectivity index (χ1) is 32.1. The molecule has 6 unspecified atom stereocenters. The minimum absolute atomic E-state index is 0.0954. The van der Waals surface area contributed by atoms with Crippen molar-refractivity contribution in [2.45, 2.75) is 85.7 Å². The number of ether oxygens (including phenoxy) is 5. The van der Waals surface area contributed by atoms with Gasteiger partial charge in [0.05, 0.1) is 67.3 Å². The van der Waals surface area contributed by atoms with Gasteiger partial charge in [-0.3, -0.25) is 28.3 Å². The number of carbonyl (C=O) groups excluding carboxylic acids is 2. The second-order valence-corrected chi connectivity index (χ2v) is 20.4. The lowest BCUT2D eigenvalue weighted by molar-refractivity contribution is -0.185. The molecule has 4 aromatic carbocycles. The van der Waals surface area contributed by atoms with Crippen LogP contribution in [-0.4, -0.2) is 78.8 Å². The van der Waals surface area contributed by atoms with Gasteiger partial charge in [-0.05, 0) is 74.9 Å². The molecule has 15 nitrogen and oxygen atoms in total. The lowest BCUT2D eigenvalue weighted by Gasteiger charge is -2.30. The molecule has 2 aliphatic rings. The molecule has 0 amide bonds. The quantitative estimate of drug-likeness (QED) is 0.0247. The van der Waals surface area contributed by atoms with Gasteiger partial charge in [-0.1, -0.05) is 100 Å². The van der Waals surface area contributed by atoms with Crippen LogP contribution in [0.5, 0.6) is 11.5 Å². The van der Waals surface area contributed by atoms with Crippen LogP contribution in [-0.2, 0) is 52.0 Å². The highest BCUT2D eigenvalue weighted by molar-refractivity contribution is 7.68. The standard InChI is InChI=1S/C27H35O8P.C18H17O6P.C5H10O/c1-5-15-31-19(3)33-26(28)17-21(27(29)34-20(4)32-16-6-2)18-36(30)25-14-10-8-12-23(25)22-11-7-9-13-24(22)35-36;19-17(20)10-9-12(18(21)22)11-25(23)16-8-4-2-6-14(16)13-5-1-3-7-15(13)24-25;1-3-5-6-4-2/h7-14,19-21H,5-6,15-18H2,1-4H3;1-8,12H,9-11H2,(H,19,20)(H,21,22);4H,2-3,5H2,1H3. The Morgan fingerprint density at radius 3 is 1.49 bits per heavy atom. The first-order valence-electron chi connectivity index (χ1n) is 22.3. The van der Waals surface area contributed by atoms with Crippen molar-refractivity contribution in [3.8, 4) is 33.8 Å². The van der Waals surface area contributed by atoms with E-state index in [4.69, 9.17) is 37.8 Å². The van der Waals surface area contributed by atoms with Gasteiger partial charge < -0.3 is 42.9 Å². The number of fused-ring (bicyclic) bond motifs is 6. The zero-order chi connectivity index (χ0) is 49.0. The monoisotopic (exact) mass is 964 g/mol. The molecule has 17 heteroatoms. The lowest BCUT2D eigenvalue weighted by atomic mass is 10.0. The number of rotatable bonds is 22. The predicted octanol–water partition coefficient (Wildman–Crippen LogP) is 10.1. The number of para-hydroxylation sites is 2. The smallest absolute Gasteiger partial charge is 0.312 e. The molecule has 0 aliphatic carbocycles. The van der Waals surface area contributed by atoms with E-state index >= 15 is 0 Å². The maximum absolute atomic E-state index is 14.3. The van der Waals surface area contributed by atoms with E-state index in [2.05, 4.69) is 13.5 Å². The molecule has 362 valence electrons. The van der Waals surface area contributed by atoms with E-state index in [-0.39, 0.29) is 31.6 Å². The number of hydrogen-bond donors (Lipinski definition) is 2. The van der Waals surface area contributed by atoms with Crippen molar-refractivity contribution in [3.63, 3.8) is 0 Å². The molecule has 6 rings (SSSR count). The molecule has 2 heterocycles. The summed E-state index contributed by atoms with van der Waals surface area (Å²) in [6.45, 7) is 14.2. The van der Waals surface area contributed by atoms with Gasteiger partial charge in [-0.15, -0.1) is 0 Å². The van der Waals surface area contributed by atoms with Crippen LogP contribution in [0.25, 0.3) is 22.3 Å². The predicted molar refractivity (Wildman–Crippen MR) is 255 cm³/mol. The van der Waals surface area contributed by atoms with E-state index in [1.807, 2.05) is 62.4 Å². The summed E-state index contributed by atoms with van der Waals surface area (Å²) >= 11 is 0. The number of esters is 2. The van der Waals surface area contributed by atoms with Crippen molar-refractivity contribution in [1.82, 2.24) is 0 Å². The zero-order valence-corrected chi connectivity index (χ0v) is 40.5. The van der Waals surface area contributed by atoms with E-state index in [1.54, 1.807) is 62.4 Å². The molecule has 0 fully saturated rings. The topological polar surface area (TPSA) is 207 Å². The Morgan fingerprint density at radius 2 is 1.06 bits per heavy atom. The number of benzene rings is 4. The average Bonchev–Trinajstić information content (AvgIpc) is 3.31. The molecular weight excluding hydrogens is 902 g/mol. The second-order valence-electron chi connectivity index (χ2n) is 15.6. The van der Waals surface area contributed by atoms with E-state index in [0.29, 0.717) is 35.3 Å². The summed E-state index contributed by atoms with van der Waals surface area (Å²) in [4.78, 5) is 48.2. The van der Waals surface area contributed by atoms with Gasteiger partial charge in [0.1, 0.15) is 11.5 Å². The molecule has 2 aliphatic heterocycles. The highest BCUT2D eigenvalue weighted by atomic mass is 31.2. The zero-order valence-electron chi connectivity index (χ0n) is 38.7. The normalized spacial score (nSPS) is 17.9. The number of aliphatic carboxylic acids is 2. The van der Waals surface area contributed by atoms with Crippen LogP contribution >= 0.6 is 14.7 Å². The lowest BCUT2D eigenvalue weighted by Crippen LogP contribution is -2.32. The number of hydrogen-bond acceptors (Lipinski definition) is 13. The van der Waals surface area contributed by atoms with Crippen LogP contribution in [0.1, 0.15) is 73.1 Å². The number of carboxylic acid groups (broad SMARTS) is 2. The van der Waals surface area contributed by atoms with Gasteiger partial charge in [0.25, 0.3) is 14.7 Å². The van der Waals surface area contributed by atoms with Crippen molar-refractivity contribution in [2.24, 2.45) is 11.8 Å². The van der Waals surface area contributed by atoms with Gasteiger partial charge in [-0.2, -0.15) is 0 Å². The summed E-state index contributed by atoms with van der Waals surface area (Å²) in [6.07, 6.45) is 1.28. The molecule has 4 aromatic rings. The van der Waals surface area contributed by atoms with Gasteiger partial charge in [-0.25, -0.2) is 0 Å². The van der Waals surface area contributed by atoms with E-state index in [0.717, 1.165) is 48.1 Å². The van der Waals surface area contributed by atoms with Crippen molar-refractivity contribution >= 4 is 49.2 Å². The van der Waals surface area contributed by atoms with Crippen LogP contribution in [0, 0.1) is 11.8 Å². The summed E-state index contributed by atoms with van der Waals surface area (Å²) in [7, 11) is -7.08. The summed E-state index contributed by atoms with van der Waals surface area (Å²) in [5.41, 5.74) is 3.16. The Labute approximate surface area is 392 Å². The molecule has 67 heavy (non-hydrogen) atoms. The Morgan fingerprint density at radius 1 is 0.627 bits per heavy atom. The Balaban J connectivity index is 0.000000273. The van der Waals surface area contributed by atoms with E-state index in [9.17, 15) is 33.4 Å². The Hall–Kier alpha value is -5.72. The van der Waals surface area contributed by atoms with Gasteiger partial charge >= 0.3 is 23.9 Å². The van der Waals surface area contributed by atoms with Gasteiger partial charge in [0.15, 0.2) is 12.6 Å². The van der Waals surface area contributed by atoms with Crippen molar-refractivity contribution in [3.05, 3.63) is 110 Å². The molecule has 0 bridgehead atoms. The second kappa shape index (κ2) is 26.6. The summed E-state index contributed by atoms with van der Waals surface area (Å²) in [5, 5.41) is 19.2. The maximum Gasteiger partial charge on any atom is 0.312 e. The molecule has 0 aromatic heterocycles. The van der Waals surface area contributed by atoms with Crippen molar-refractivity contribution in [2.75, 3.05) is 32.1 Å². The number of carboxylic acids is 2. The van der Waals surface area contributed by atoms with Crippen LogP contribution < -0.4 is 19.7 Å². The molecule has 2 N–H and O–H groups in total. The minimum atomic E-state index is -3.60.